The third-order valence-corrected chi connectivity index (χ3v) is 9.56. The van der Waals surface area contributed by atoms with E-state index in [2.05, 4.69) is 0 Å². The molecule has 0 spiro atoms. The van der Waals surface area contributed by atoms with Crippen molar-refractivity contribution in [2.24, 2.45) is 22.7 Å². The summed E-state index contributed by atoms with van der Waals surface area (Å²) in [5.41, 5.74) is -4.11. The van der Waals surface area contributed by atoms with E-state index in [0.29, 0.717) is 5.57 Å². The van der Waals surface area contributed by atoms with Crippen molar-refractivity contribution in [1.82, 2.24) is 0 Å². The number of Topliss-reactive ketones (excluding diaryl/α,β-unsaturated/α-hetero) is 1. The highest BCUT2D eigenvalue weighted by molar-refractivity contribution is 5.93. The lowest BCUT2D eigenvalue weighted by molar-refractivity contribution is -0.347. The number of aliphatic hydroxyl groups is 2. The molecule has 7 unspecified atom stereocenters. The molecule has 1 saturated heterocycles. The minimum absolute atomic E-state index is 0.0410. The van der Waals surface area contributed by atoms with Crippen molar-refractivity contribution in [1.29, 1.82) is 0 Å². The second-order valence-electron chi connectivity index (χ2n) is 11.6. The summed E-state index contributed by atoms with van der Waals surface area (Å²) in [5, 5.41) is 24.1. The van der Waals surface area contributed by atoms with Crippen LogP contribution in [-0.2, 0) is 33.3 Å². The van der Waals surface area contributed by atoms with E-state index in [9.17, 15) is 24.6 Å². The SMILES string of the molecule is COC1C(=O)[C@]2(C)C(O)CC3OC[C@@]3(OC(C)=O)C2C(OC(C)=O)C2(O)CC(C)C(C)=C1C2(C)C. The summed E-state index contributed by atoms with van der Waals surface area (Å²) in [4.78, 5) is 39.3. The highest BCUT2D eigenvalue weighted by Gasteiger charge is 2.77. The molecule has 1 heterocycles. The van der Waals surface area contributed by atoms with Gasteiger partial charge < -0.3 is 29.2 Å². The molecule has 4 aliphatic rings. The van der Waals surface area contributed by atoms with Crippen LogP contribution in [0.4, 0.5) is 0 Å². The average Bonchev–Trinajstić information content (AvgIpc) is 2.74. The fraction of sp³-hybridized carbons (Fsp3) is 0.808. The number of aliphatic hydroxyl groups excluding tert-OH is 1. The molecule has 0 radical (unpaired) electrons. The lowest BCUT2D eigenvalue weighted by Gasteiger charge is -2.67. The number of ketones is 1. The van der Waals surface area contributed by atoms with Crippen molar-refractivity contribution in [2.45, 2.75) is 96.9 Å². The second-order valence-corrected chi connectivity index (χ2v) is 11.6. The van der Waals surface area contributed by atoms with Gasteiger partial charge in [0.2, 0.25) is 0 Å². The van der Waals surface area contributed by atoms with Crippen LogP contribution in [0.1, 0.15) is 61.3 Å². The number of methoxy groups -OCH3 is 1. The first kappa shape index (κ1) is 26.3. The Labute approximate surface area is 206 Å². The van der Waals surface area contributed by atoms with Gasteiger partial charge in [-0.1, -0.05) is 26.3 Å². The third kappa shape index (κ3) is 3.24. The Morgan fingerprint density at radius 1 is 1.14 bits per heavy atom. The maximum absolute atomic E-state index is 14.5. The zero-order valence-corrected chi connectivity index (χ0v) is 21.8. The summed E-state index contributed by atoms with van der Waals surface area (Å²) in [6, 6.07) is 0. The molecule has 9 nitrogen and oxygen atoms in total. The van der Waals surface area contributed by atoms with Crippen molar-refractivity contribution in [3.63, 3.8) is 0 Å². The third-order valence-electron chi connectivity index (χ3n) is 9.56. The van der Waals surface area contributed by atoms with Crippen molar-refractivity contribution < 1.29 is 43.5 Å². The molecule has 196 valence electrons. The summed E-state index contributed by atoms with van der Waals surface area (Å²) in [7, 11) is 1.44. The van der Waals surface area contributed by atoms with E-state index in [1.165, 1.54) is 21.0 Å². The van der Waals surface area contributed by atoms with Gasteiger partial charge in [-0.25, -0.2) is 0 Å². The molecule has 1 aliphatic heterocycles. The smallest absolute Gasteiger partial charge is 0.303 e. The molecule has 2 saturated carbocycles. The molecule has 3 aliphatic carbocycles. The Morgan fingerprint density at radius 3 is 2.26 bits per heavy atom. The standard InChI is InChI=1S/C26H38O9/c1-12-10-26(31)22(34-14(3)27)20-24(7,16(29)9-17-25(20,11-33-17)35-15(4)28)21(30)19(32-8)18(13(12)2)23(26,5)6/h12,16-17,19-20,22,29,31H,9-11H2,1-8H3/t12?,16?,17?,19?,20?,22?,24-,25+,26?/m1/s1. The minimum Gasteiger partial charge on any atom is -0.459 e. The molecule has 3 fully saturated rings. The van der Waals surface area contributed by atoms with Crippen molar-refractivity contribution in [3.05, 3.63) is 11.1 Å². The van der Waals surface area contributed by atoms with E-state index in [-0.39, 0.29) is 25.4 Å². The molecule has 0 aromatic carbocycles. The molecule has 35 heavy (non-hydrogen) atoms. The maximum atomic E-state index is 14.5. The topological polar surface area (TPSA) is 129 Å². The quantitative estimate of drug-likeness (QED) is 0.445. The molecule has 9 atom stereocenters. The molecule has 0 aromatic rings. The fourth-order valence-corrected chi connectivity index (χ4v) is 7.53. The number of hydrogen-bond acceptors (Lipinski definition) is 9. The van der Waals surface area contributed by atoms with Gasteiger partial charge in [0.1, 0.15) is 23.9 Å². The maximum Gasteiger partial charge on any atom is 0.303 e. The number of carbonyl (C=O) groups is 3. The van der Waals surface area contributed by atoms with Crippen molar-refractivity contribution in [3.8, 4) is 0 Å². The van der Waals surface area contributed by atoms with Gasteiger partial charge in [-0.2, -0.15) is 0 Å². The van der Waals surface area contributed by atoms with Crippen LogP contribution >= 0.6 is 0 Å². The summed E-state index contributed by atoms with van der Waals surface area (Å²) in [6.07, 6.45) is -3.96. The molecule has 4 rings (SSSR count). The van der Waals surface area contributed by atoms with Gasteiger partial charge in [-0.05, 0) is 31.8 Å². The van der Waals surface area contributed by atoms with Gasteiger partial charge in [-0.15, -0.1) is 0 Å². The summed E-state index contributed by atoms with van der Waals surface area (Å²) >= 11 is 0. The molecule has 2 N–H and O–H groups in total. The van der Waals surface area contributed by atoms with Gasteiger partial charge in [-0.3, -0.25) is 14.4 Å². The first-order chi connectivity index (χ1) is 16.1. The Hall–Kier alpha value is -1.81. The Balaban J connectivity index is 2.10. The van der Waals surface area contributed by atoms with Crippen LogP contribution in [-0.4, -0.2) is 77.3 Å². The number of ether oxygens (including phenoxy) is 4. The van der Waals surface area contributed by atoms with Gasteiger partial charge in [0, 0.05) is 32.8 Å². The van der Waals surface area contributed by atoms with E-state index in [0.717, 1.165) is 5.57 Å². The molecular formula is C26H38O9. The molecule has 0 aromatic heterocycles. The van der Waals surface area contributed by atoms with E-state index in [1.807, 2.05) is 27.7 Å². The monoisotopic (exact) mass is 494 g/mol. The van der Waals surface area contributed by atoms with E-state index >= 15 is 0 Å². The zero-order chi connectivity index (χ0) is 26.3. The van der Waals surface area contributed by atoms with E-state index < -0.39 is 70.1 Å². The summed E-state index contributed by atoms with van der Waals surface area (Å²) < 4.78 is 23.4. The number of rotatable bonds is 3. The Morgan fingerprint density at radius 2 is 1.77 bits per heavy atom. The van der Waals surface area contributed by atoms with E-state index in [1.54, 1.807) is 6.92 Å². The molecular weight excluding hydrogens is 456 g/mol. The molecule has 0 amide bonds. The Bertz CT molecular complexity index is 985. The molecule has 2 bridgehead atoms. The van der Waals surface area contributed by atoms with Crippen LogP contribution in [0.15, 0.2) is 11.1 Å². The number of fused-ring (bicyclic) bond motifs is 5. The lowest BCUT2D eigenvalue weighted by atomic mass is 9.44. The number of hydrogen-bond donors (Lipinski definition) is 2. The number of esters is 2. The predicted molar refractivity (Wildman–Crippen MR) is 123 cm³/mol. The zero-order valence-electron chi connectivity index (χ0n) is 21.8. The lowest BCUT2D eigenvalue weighted by Crippen LogP contribution is -2.81. The minimum atomic E-state index is -1.67. The van der Waals surface area contributed by atoms with Crippen molar-refractivity contribution in [2.75, 3.05) is 13.7 Å². The molecule has 9 heteroatoms. The largest absolute Gasteiger partial charge is 0.459 e. The highest BCUT2D eigenvalue weighted by atomic mass is 16.6. The summed E-state index contributed by atoms with van der Waals surface area (Å²) in [6.45, 7) is 11.6. The van der Waals surface area contributed by atoms with Crippen LogP contribution in [0.25, 0.3) is 0 Å². The van der Waals surface area contributed by atoms with Gasteiger partial charge in [0.15, 0.2) is 11.4 Å². The fourth-order valence-electron chi connectivity index (χ4n) is 7.53. The van der Waals surface area contributed by atoms with Crippen LogP contribution in [0.2, 0.25) is 0 Å². The van der Waals surface area contributed by atoms with Crippen LogP contribution in [0.3, 0.4) is 0 Å². The normalized spacial score (nSPS) is 46.4. The van der Waals surface area contributed by atoms with Crippen LogP contribution in [0, 0.1) is 22.7 Å². The van der Waals surface area contributed by atoms with Crippen LogP contribution < -0.4 is 0 Å². The summed E-state index contributed by atoms with van der Waals surface area (Å²) in [5.74, 6) is -2.86. The highest BCUT2D eigenvalue weighted by Crippen LogP contribution is 2.64. The van der Waals surface area contributed by atoms with Gasteiger partial charge in [0.25, 0.3) is 0 Å². The number of allylic oxidation sites excluding steroid dienone is 1. The first-order valence-electron chi connectivity index (χ1n) is 12.3. The van der Waals surface area contributed by atoms with Crippen molar-refractivity contribution >= 4 is 17.7 Å². The predicted octanol–water partition coefficient (Wildman–Crippen LogP) is 1.72. The van der Waals surface area contributed by atoms with Gasteiger partial charge >= 0.3 is 11.9 Å². The van der Waals surface area contributed by atoms with E-state index in [4.69, 9.17) is 18.9 Å². The number of carbonyl (C=O) groups excluding carboxylic acids is 3. The van der Waals surface area contributed by atoms with Gasteiger partial charge in [0.05, 0.1) is 24.0 Å². The van der Waals surface area contributed by atoms with Crippen LogP contribution in [0.5, 0.6) is 0 Å². The first-order valence-corrected chi connectivity index (χ1v) is 12.3. The Kier molecular flexibility index (Phi) is 6.07. The average molecular weight is 495 g/mol. The second kappa shape index (κ2) is 8.10.